The van der Waals surface area contributed by atoms with E-state index in [-0.39, 0.29) is 13.2 Å². The number of hydrogen-bond acceptors (Lipinski definition) is 14. The number of rotatable bonds is 8. The second-order valence-electron chi connectivity index (χ2n) is 8.66. The van der Waals surface area contributed by atoms with Crippen molar-refractivity contribution in [2.75, 3.05) is 34.0 Å². The van der Waals surface area contributed by atoms with Gasteiger partial charge in [-0.1, -0.05) is 0 Å². The van der Waals surface area contributed by atoms with E-state index in [4.69, 9.17) is 33.2 Å². The molecule has 14 nitrogen and oxygen atoms in total. The van der Waals surface area contributed by atoms with E-state index in [1.54, 1.807) is 0 Å². The first-order chi connectivity index (χ1) is 16.1. The van der Waals surface area contributed by atoms with Gasteiger partial charge in [-0.25, -0.2) is 0 Å². The van der Waals surface area contributed by atoms with E-state index < -0.39 is 92.4 Å². The Morgan fingerprint density at radius 1 is 0.735 bits per heavy atom. The Labute approximate surface area is 196 Å². The molecule has 0 radical (unpaired) electrons. The zero-order valence-electron chi connectivity index (χ0n) is 19.2. The fourth-order valence-electron chi connectivity index (χ4n) is 4.42. The van der Waals surface area contributed by atoms with Crippen LogP contribution in [0.4, 0.5) is 0 Å². The molecule has 0 aliphatic carbocycles. The van der Waals surface area contributed by atoms with Crippen molar-refractivity contribution in [1.82, 2.24) is 0 Å². The molecule has 0 bridgehead atoms. The molecule has 3 aliphatic heterocycles. The summed E-state index contributed by atoms with van der Waals surface area (Å²) in [6, 6.07) is 0. The SMILES string of the molecule is COC1C(O)COC(OCC2OC(OC3C(O)C(C)OC(CO)C3O)C(O)C(OC)C2O)C1O. The number of aliphatic hydroxyl groups excluding tert-OH is 7. The van der Waals surface area contributed by atoms with Crippen molar-refractivity contribution in [2.45, 2.75) is 92.8 Å². The Morgan fingerprint density at radius 2 is 1.35 bits per heavy atom. The van der Waals surface area contributed by atoms with Crippen LogP contribution in [0.3, 0.4) is 0 Å². The smallest absolute Gasteiger partial charge is 0.187 e. The van der Waals surface area contributed by atoms with Crippen molar-refractivity contribution in [2.24, 2.45) is 0 Å². The molecule has 3 aliphatic rings. The molecule has 0 amide bonds. The quantitative estimate of drug-likeness (QED) is 0.168. The average molecular weight is 500 g/mol. The maximum absolute atomic E-state index is 10.6. The highest BCUT2D eigenvalue weighted by molar-refractivity contribution is 4.95. The normalized spacial score (nSPS) is 50.3. The van der Waals surface area contributed by atoms with Crippen molar-refractivity contribution < 1.29 is 68.9 Å². The standard InChI is InChI=1S/C20H36O14/c1-7-11(23)18(12(24)9(4-21)32-7)34-20-15(27)17(29-3)13(25)10(33-20)6-31-19-14(26)16(28-2)8(22)5-30-19/h7-27H,4-6H2,1-3H3. The number of ether oxygens (including phenoxy) is 7. The zero-order valence-corrected chi connectivity index (χ0v) is 19.2. The van der Waals surface area contributed by atoms with Gasteiger partial charge in [-0.15, -0.1) is 0 Å². The Balaban J connectivity index is 1.68. The van der Waals surface area contributed by atoms with Crippen molar-refractivity contribution >= 4 is 0 Å². The van der Waals surface area contributed by atoms with Crippen LogP contribution >= 0.6 is 0 Å². The van der Waals surface area contributed by atoms with Gasteiger partial charge in [-0.05, 0) is 6.92 Å². The molecule has 0 aromatic heterocycles. The van der Waals surface area contributed by atoms with Crippen molar-refractivity contribution in [1.29, 1.82) is 0 Å². The molecule has 14 unspecified atom stereocenters. The number of aliphatic hydroxyl groups is 7. The molecule has 3 rings (SSSR count). The van der Waals surface area contributed by atoms with E-state index in [2.05, 4.69) is 0 Å². The Kier molecular flexibility index (Phi) is 9.99. The van der Waals surface area contributed by atoms with Crippen LogP contribution in [-0.4, -0.2) is 156 Å². The molecule has 0 aromatic rings. The van der Waals surface area contributed by atoms with Gasteiger partial charge < -0.3 is 68.9 Å². The van der Waals surface area contributed by atoms with Gasteiger partial charge in [0.05, 0.1) is 25.9 Å². The first-order valence-corrected chi connectivity index (χ1v) is 11.1. The third-order valence-corrected chi connectivity index (χ3v) is 6.43. The van der Waals surface area contributed by atoms with E-state index in [0.29, 0.717) is 0 Å². The second-order valence-corrected chi connectivity index (χ2v) is 8.66. The minimum Gasteiger partial charge on any atom is -0.394 e. The summed E-state index contributed by atoms with van der Waals surface area (Å²) in [5.74, 6) is 0. The van der Waals surface area contributed by atoms with Crippen molar-refractivity contribution in [3.63, 3.8) is 0 Å². The lowest BCUT2D eigenvalue weighted by atomic mass is 9.94. The van der Waals surface area contributed by atoms with E-state index in [0.717, 1.165) is 0 Å². The molecule has 3 saturated heterocycles. The maximum atomic E-state index is 10.6. The van der Waals surface area contributed by atoms with Crippen LogP contribution in [0.2, 0.25) is 0 Å². The minimum atomic E-state index is -1.51. The lowest BCUT2D eigenvalue weighted by Crippen LogP contribution is -2.64. The molecule has 3 heterocycles. The van der Waals surface area contributed by atoms with Crippen LogP contribution in [-0.2, 0) is 33.2 Å². The summed E-state index contributed by atoms with van der Waals surface area (Å²) in [4.78, 5) is 0. The summed E-state index contributed by atoms with van der Waals surface area (Å²) < 4.78 is 37.8. The van der Waals surface area contributed by atoms with E-state index in [1.165, 1.54) is 21.1 Å². The topological polar surface area (TPSA) is 206 Å². The van der Waals surface area contributed by atoms with Gasteiger partial charge in [0.15, 0.2) is 12.6 Å². The minimum absolute atomic E-state index is 0.150. The van der Waals surface area contributed by atoms with E-state index >= 15 is 0 Å². The first-order valence-electron chi connectivity index (χ1n) is 11.1. The van der Waals surface area contributed by atoms with Crippen LogP contribution in [0.1, 0.15) is 6.92 Å². The maximum Gasteiger partial charge on any atom is 0.187 e. The predicted molar refractivity (Wildman–Crippen MR) is 108 cm³/mol. The molecule has 0 aromatic carbocycles. The summed E-state index contributed by atoms with van der Waals surface area (Å²) in [5, 5.41) is 71.8. The Morgan fingerprint density at radius 3 is 1.97 bits per heavy atom. The number of hydrogen-bond donors (Lipinski definition) is 7. The molecule has 0 saturated carbocycles. The fraction of sp³-hybridized carbons (Fsp3) is 1.00. The van der Waals surface area contributed by atoms with Gasteiger partial charge in [0.1, 0.15) is 67.1 Å². The zero-order chi connectivity index (χ0) is 25.2. The van der Waals surface area contributed by atoms with Gasteiger partial charge in [0.2, 0.25) is 0 Å². The van der Waals surface area contributed by atoms with Gasteiger partial charge in [-0.2, -0.15) is 0 Å². The average Bonchev–Trinajstić information content (AvgIpc) is 2.81. The fourth-order valence-corrected chi connectivity index (χ4v) is 4.42. The molecule has 34 heavy (non-hydrogen) atoms. The monoisotopic (exact) mass is 500 g/mol. The number of methoxy groups -OCH3 is 2. The van der Waals surface area contributed by atoms with E-state index in [9.17, 15) is 35.7 Å². The molecule has 0 spiro atoms. The third kappa shape index (κ3) is 5.71. The highest BCUT2D eigenvalue weighted by atomic mass is 16.7. The predicted octanol–water partition coefficient (Wildman–Crippen LogP) is -4.56. The molecule has 200 valence electrons. The summed E-state index contributed by atoms with van der Waals surface area (Å²) in [6.45, 7) is 0.522. The van der Waals surface area contributed by atoms with Crippen LogP contribution in [0, 0.1) is 0 Å². The van der Waals surface area contributed by atoms with Crippen molar-refractivity contribution in [3.8, 4) is 0 Å². The molecule has 14 atom stereocenters. The summed E-state index contributed by atoms with van der Waals surface area (Å²) in [6.07, 6.45) is -17.0. The van der Waals surface area contributed by atoms with Crippen LogP contribution < -0.4 is 0 Å². The van der Waals surface area contributed by atoms with Crippen molar-refractivity contribution in [3.05, 3.63) is 0 Å². The third-order valence-electron chi connectivity index (χ3n) is 6.43. The lowest BCUT2D eigenvalue weighted by molar-refractivity contribution is -0.350. The molecule has 14 heteroatoms. The molecular weight excluding hydrogens is 464 g/mol. The highest BCUT2D eigenvalue weighted by Gasteiger charge is 2.51. The molecule has 3 fully saturated rings. The Bertz CT molecular complexity index is 626. The first kappa shape index (κ1) is 28.0. The van der Waals surface area contributed by atoms with Gasteiger partial charge >= 0.3 is 0 Å². The largest absolute Gasteiger partial charge is 0.394 e. The van der Waals surface area contributed by atoms with Gasteiger partial charge in [-0.3, -0.25) is 0 Å². The second kappa shape index (κ2) is 12.1. The van der Waals surface area contributed by atoms with Gasteiger partial charge in [0, 0.05) is 14.2 Å². The van der Waals surface area contributed by atoms with Crippen LogP contribution in [0.15, 0.2) is 0 Å². The molecule has 7 N–H and O–H groups in total. The van der Waals surface area contributed by atoms with E-state index in [1.807, 2.05) is 0 Å². The van der Waals surface area contributed by atoms with Crippen LogP contribution in [0.25, 0.3) is 0 Å². The van der Waals surface area contributed by atoms with Crippen LogP contribution in [0.5, 0.6) is 0 Å². The Hall–Kier alpha value is -0.560. The highest BCUT2D eigenvalue weighted by Crippen LogP contribution is 2.30. The van der Waals surface area contributed by atoms with Gasteiger partial charge in [0.25, 0.3) is 0 Å². The molecular formula is C20H36O14. The summed E-state index contributed by atoms with van der Waals surface area (Å²) >= 11 is 0. The summed E-state index contributed by atoms with van der Waals surface area (Å²) in [5.41, 5.74) is 0. The summed E-state index contributed by atoms with van der Waals surface area (Å²) in [7, 11) is 2.58. The lowest BCUT2D eigenvalue weighted by Gasteiger charge is -2.46.